The molecule has 7 nitrogen and oxygen atoms in total. The lowest BCUT2D eigenvalue weighted by Gasteiger charge is -2.12. The number of amides is 1. The molecule has 0 saturated heterocycles. The largest absolute Gasteiger partial charge is 0.288 e. The van der Waals surface area contributed by atoms with Crippen LogP contribution in [-0.2, 0) is 0 Å². The fourth-order valence-corrected chi connectivity index (χ4v) is 2.46. The number of carbonyl (C=O) groups is 1. The second-order valence-corrected chi connectivity index (χ2v) is 5.83. The van der Waals surface area contributed by atoms with Crippen molar-refractivity contribution in [2.45, 2.75) is 26.3 Å². The minimum Gasteiger partial charge on any atom is -0.288 e. The van der Waals surface area contributed by atoms with Crippen molar-refractivity contribution in [3.8, 4) is 11.4 Å². The first-order valence-electron chi connectivity index (χ1n) is 7.61. The van der Waals surface area contributed by atoms with E-state index in [-0.39, 0.29) is 17.9 Å². The maximum absolute atomic E-state index is 12.4. The van der Waals surface area contributed by atoms with E-state index in [1.165, 1.54) is 0 Å². The zero-order valence-corrected chi connectivity index (χ0v) is 14.1. The number of anilines is 1. The highest BCUT2D eigenvalue weighted by molar-refractivity contribution is 6.30. The van der Waals surface area contributed by atoms with Gasteiger partial charge in [0.2, 0.25) is 5.95 Å². The van der Waals surface area contributed by atoms with Crippen LogP contribution in [0.3, 0.4) is 0 Å². The predicted molar refractivity (Wildman–Crippen MR) is 92.0 cm³/mol. The quantitative estimate of drug-likeness (QED) is 0.740. The van der Waals surface area contributed by atoms with Crippen LogP contribution in [0.1, 0.15) is 36.8 Å². The van der Waals surface area contributed by atoms with E-state index in [1.54, 1.807) is 29.1 Å². The highest BCUT2D eigenvalue weighted by Crippen LogP contribution is 2.20. The minimum atomic E-state index is -0.301. The molecule has 1 amide bonds. The molecule has 1 unspecified atom stereocenters. The second-order valence-electron chi connectivity index (χ2n) is 5.39. The van der Waals surface area contributed by atoms with Crippen molar-refractivity contribution in [1.29, 1.82) is 0 Å². The summed E-state index contributed by atoms with van der Waals surface area (Å²) < 4.78 is 1.69. The molecule has 24 heavy (non-hydrogen) atoms. The van der Waals surface area contributed by atoms with Gasteiger partial charge in [-0.15, -0.1) is 5.10 Å². The summed E-state index contributed by atoms with van der Waals surface area (Å²) in [6, 6.07) is 9.03. The highest BCUT2D eigenvalue weighted by atomic mass is 35.5. The summed E-state index contributed by atoms with van der Waals surface area (Å²) in [4.78, 5) is 16.7. The van der Waals surface area contributed by atoms with E-state index in [9.17, 15) is 4.79 Å². The summed E-state index contributed by atoms with van der Waals surface area (Å²) in [6.07, 6.45) is 2.48. The van der Waals surface area contributed by atoms with E-state index in [1.807, 2.05) is 26.0 Å². The van der Waals surface area contributed by atoms with E-state index < -0.39 is 0 Å². The van der Waals surface area contributed by atoms with Gasteiger partial charge >= 0.3 is 0 Å². The Labute approximate surface area is 144 Å². The molecule has 0 aliphatic rings. The van der Waals surface area contributed by atoms with Crippen LogP contribution >= 0.6 is 11.6 Å². The molecule has 0 aliphatic carbocycles. The molecule has 0 bridgehead atoms. The molecular weight excluding hydrogens is 328 g/mol. The molecule has 0 radical (unpaired) electrons. The molecule has 3 aromatic rings. The van der Waals surface area contributed by atoms with Crippen LogP contribution in [0.25, 0.3) is 11.4 Å². The minimum absolute atomic E-state index is 0.134. The SMILES string of the molecule is CCC(C)n1nccc1C(=O)Nc1n[nH]c(-c2cccc(Cl)c2)n1. The molecule has 0 aliphatic heterocycles. The van der Waals surface area contributed by atoms with Crippen molar-refractivity contribution in [2.75, 3.05) is 5.32 Å². The van der Waals surface area contributed by atoms with Crippen LogP contribution in [0.5, 0.6) is 0 Å². The summed E-state index contributed by atoms with van der Waals surface area (Å²) in [6.45, 7) is 4.05. The molecule has 3 rings (SSSR count). The Morgan fingerprint density at radius 3 is 3.00 bits per heavy atom. The first-order chi connectivity index (χ1) is 11.6. The molecule has 2 heterocycles. The summed E-state index contributed by atoms with van der Waals surface area (Å²) in [7, 11) is 0. The van der Waals surface area contributed by atoms with Crippen molar-refractivity contribution in [3.63, 3.8) is 0 Å². The Balaban J connectivity index is 1.78. The van der Waals surface area contributed by atoms with Crippen LogP contribution in [0, 0.1) is 0 Å². The van der Waals surface area contributed by atoms with Gasteiger partial charge in [-0.05, 0) is 31.5 Å². The van der Waals surface area contributed by atoms with Gasteiger partial charge in [-0.2, -0.15) is 10.1 Å². The fourth-order valence-electron chi connectivity index (χ4n) is 2.27. The van der Waals surface area contributed by atoms with Crippen molar-refractivity contribution in [3.05, 3.63) is 47.2 Å². The average Bonchev–Trinajstić information content (AvgIpc) is 3.23. The molecule has 0 saturated carbocycles. The van der Waals surface area contributed by atoms with Gasteiger partial charge < -0.3 is 0 Å². The molecular formula is C16H17ClN6O. The van der Waals surface area contributed by atoms with Gasteiger partial charge in [-0.25, -0.2) is 0 Å². The number of hydrogen-bond acceptors (Lipinski definition) is 4. The molecule has 1 atom stereocenters. The van der Waals surface area contributed by atoms with E-state index in [0.29, 0.717) is 16.5 Å². The Kier molecular flexibility index (Phi) is 4.61. The standard InChI is InChI=1S/C16H17ClN6O/c1-3-10(2)23-13(7-8-18-23)15(24)20-16-19-14(21-22-16)11-5-4-6-12(17)9-11/h4-10H,3H2,1-2H3,(H2,19,20,21,22,24). The number of halogens is 1. The summed E-state index contributed by atoms with van der Waals surface area (Å²) in [5, 5.41) is 14.3. The number of H-pyrrole nitrogens is 1. The monoisotopic (exact) mass is 344 g/mol. The topological polar surface area (TPSA) is 88.5 Å². The number of benzene rings is 1. The maximum atomic E-state index is 12.4. The van der Waals surface area contributed by atoms with Crippen LogP contribution in [0.15, 0.2) is 36.5 Å². The number of rotatable bonds is 5. The first-order valence-corrected chi connectivity index (χ1v) is 7.99. The van der Waals surface area contributed by atoms with Crippen LogP contribution in [-0.4, -0.2) is 30.9 Å². The third-order valence-electron chi connectivity index (χ3n) is 3.72. The van der Waals surface area contributed by atoms with Gasteiger partial charge in [0.15, 0.2) is 5.82 Å². The van der Waals surface area contributed by atoms with Gasteiger partial charge in [0.05, 0.1) is 0 Å². The van der Waals surface area contributed by atoms with Crippen molar-refractivity contribution in [1.82, 2.24) is 25.0 Å². The lowest BCUT2D eigenvalue weighted by molar-refractivity contribution is 0.101. The van der Waals surface area contributed by atoms with Crippen LogP contribution in [0.4, 0.5) is 5.95 Å². The molecule has 2 N–H and O–H groups in total. The van der Waals surface area contributed by atoms with Gasteiger partial charge in [0, 0.05) is 22.8 Å². The molecule has 0 fully saturated rings. The molecule has 2 aromatic heterocycles. The number of carbonyl (C=O) groups excluding carboxylic acids is 1. The van der Waals surface area contributed by atoms with Crippen LogP contribution < -0.4 is 5.32 Å². The van der Waals surface area contributed by atoms with E-state index >= 15 is 0 Å². The van der Waals surface area contributed by atoms with Gasteiger partial charge in [0.1, 0.15) is 5.69 Å². The smallest absolute Gasteiger partial charge is 0.276 e. The number of nitrogens with zero attached hydrogens (tertiary/aromatic N) is 4. The fraction of sp³-hybridized carbons (Fsp3) is 0.250. The Hall–Kier alpha value is -2.67. The Morgan fingerprint density at radius 1 is 1.42 bits per heavy atom. The van der Waals surface area contributed by atoms with Gasteiger partial charge in [0.25, 0.3) is 5.91 Å². The summed E-state index contributed by atoms with van der Waals surface area (Å²) >= 11 is 5.97. The van der Waals surface area contributed by atoms with Gasteiger partial charge in [-0.3, -0.25) is 19.9 Å². The zero-order valence-electron chi connectivity index (χ0n) is 13.3. The predicted octanol–water partition coefficient (Wildman–Crippen LogP) is 3.54. The lowest BCUT2D eigenvalue weighted by atomic mass is 10.2. The normalized spacial score (nSPS) is 12.1. The summed E-state index contributed by atoms with van der Waals surface area (Å²) in [5.41, 5.74) is 1.26. The lowest BCUT2D eigenvalue weighted by Crippen LogP contribution is -2.20. The second kappa shape index (κ2) is 6.84. The van der Waals surface area contributed by atoms with Crippen molar-refractivity contribution < 1.29 is 4.79 Å². The Bertz CT molecular complexity index is 856. The highest BCUT2D eigenvalue weighted by Gasteiger charge is 2.17. The van der Waals surface area contributed by atoms with E-state index in [4.69, 9.17) is 11.6 Å². The van der Waals surface area contributed by atoms with Crippen molar-refractivity contribution >= 4 is 23.5 Å². The first kappa shape index (κ1) is 16.2. The number of aromatic nitrogens is 5. The number of aromatic amines is 1. The number of hydrogen-bond donors (Lipinski definition) is 2. The summed E-state index contributed by atoms with van der Waals surface area (Å²) in [5.74, 6) is 0.430. The van der Waals surface area contributed by atoms with E-state index in [0.717, 1.165) is 12.0 Å². The molecule has 0 spiro atoms. The molecule has 1 aromatic carbocycles. The van der Waals surface area contributed by atoms with Gasteiger partial charge in [-0.1, -0.05) is 30.7 Å². The van der Waals surface area contributed by atoms with Crippen molar-refractivity contribution in [2.24, 2.45) is 0 Å². The third kappa shape index (κ3) is 3.30. The third-order valence-corrected chi connectivity index (χ3v) is 3.96. The number of nitrogens with one attached hydrogen (secondary N) is 2. The Morgan fingerprint density at radius 2 is 2.25 bits per heavy atom. The zero-order chi connectivity index (χ0) is 17.1. The average molecular weight is 345 g/mol. The molecule has 124 valence electrons. The maximum Gasteiger partial charge on any atom is 0.276 e. The van der Waals surface area contributed by atoms with E-state index in [2.05, 4.69) is 25.6 Å². The molecule has 8 heteroatoms. The van der Waals surface area contributed by atoms with Crippen LogP contribution in [0.2, 0.25) is 5.02 Å².